The fourth-order valence-corrected chi connectivity index (χ4v) is 6.43. The summed E-state index contributed by atoms with van der Waals surface area (Å²) in [6, 6.07) is 6.85. The van der Waals surface area contributed by atoms with Crippen LogP contribution in [-0.4, -0.2) is 72.6 Å². The molecule has 1 aromatic carbocycles. The summed E-state index contributed by atoms with van der Waals surface area (Å²) >= 11 is 0. The highest BCUT2D eigenvalue weighted by Crippen LogP contribution is 2.39. The maximum Gasteiger partial charge on any atom is 0.253 e. The predicted molar refractivity (Wildman–Crippen MR) is 113 cm³/mol. The number of hydrogen-bond donors (Lipinski definition) is 0. The lowest BCUT2D eigenvalue weighted by Gasteiger charge is -2.46. The quantitative estimate of drug-likeness (QED) is 0.690. The van der Waals surface area contributed by atoms with E-state index in [0.29, 0.717) is 50.6 Å². The molecule has 7 nitrogen and oxygen atoms in total. The molecule has 8 heteroatoms. The Labute approximate surface area is 179 Å². The maximum absolute atomic E-state index is 13.2. The zero-order valence-corrected chi connectivity index (χ0v) is 18.6. The normalized spacial score (nSPS) is 25.1. The van der Waals surface area contributed by atoms with Crippen LogP contribution in [0.2, 0.25) is 0 Å². The average molecular weight is 434 g/mol. The molecule has 3 aliphatic rings. The summed E-state index contributed by atoms with van der Waals surface area (Å²) in [5.41, 5.74) is 0.502. The third-order valence-corrected chi connectivity index (χ3v) is 8.64. The van der Waals surface area contributed by atoms with Crippen LogP contribution < -0.4 is 0 Å². The third kappa shape index (κ3) is 3.87. The van der Waals surface area contributed by atoms with Crippen LogP contribution in [0, 0.1) is 5.92 Å². The number of rotatable bonds is 6. The van der Waals surface area contributed by atoms with Crippen LogP contribution in [0.25, 0.3) is 0 Å². The Morgan fingerprint density at radius 1 is 1.07 bits per heavy atom. The number of likely N-dealkylation sites (tertiary alicyclic amines) is 1. The van der Waals surface area contributed by atoms with Crippen LogP contribution in [0.4, 0.5) is 0 Å². The standard InChI is InChI=1S/C22H31N3O4S/c1-3-23(4-2)22(27)16-5-10-19(11-6-16)30(28,29)24-14-13-20-17(15-24)7-12-21(26)25(20)18-8-9-18/h5-6,10-11,17-18,20H,3-4,7-9,12-15H2,1-2H3/t17-,20-/m1/s1. The molecule has 2 amide bonds. The first-order valence-electron chi connectivity index (χ1n) is 11.1. The molecule has 2 atom stereocenters. The van der Waals surface area contributed by atoms with Crippen LogP contribution in [-0.2, 0) is 14.8 Å². The molecule has 0 radical (unpaired) electrons. The fraction of sp³-hybridized carbons (Fsp3) is 0.636. The summed E-state index contributed by atoms with van der Waals surface area (Å²) in [7, 11) is -3.62. The number of nitrogens with zero attached hydrogens (tertiary/aromatic N) is 3. The summed E-state index contributed by atoms with van der Waals surface area (Å²) in [6.45, 7) is 5.97. The molecule has 30 heavy (non-hydrogen) atoms. The number of benzene rings is 1. The summed E-state index contributed by atoms with van der Waals surface area (Å²) in [5, 5.41) is 0. The van der Waals surface area contributed by atoms with Crippen LogP contribution >= 0.6 is 0 Å². The van der Waals surface area contributed by atoms with Gasteiger partial charge in [0.2, 0.25) is 15.9 Å². The molecule has 2 aliphatic heterocycles. The van der Waals surface area contributed by atoms with Gasteiger partial charge in [-0.2, -0.15) is 4.31 Å². The Kier molecular flexibility index (Phi) is 5.90. The van der Waals surface area contributed by atoms with E-state index in [9.17, 15) is 18.0 Å². The monoisotopic (exact) mass is 433 g/mol. The Hall–Kier alpha value is -1.93. The zero-order valence-electron chi connectivity index (χ0n) is 17.8. The minimum absolute atomic E-state index is 0.0863. The van der Waals surface area contributed by atoms with Gasteiger partial charge >= 0.3 is 0 Å². The van der Waals surface area contributed by atoms with E-state index in [2.05, 4.69) is 4.90 Å². The fourth-order valence-electron chi connectivity index (χ4n) is 4.92. The number of sulfonamides is 1. The van der Waals surface area contributed by atoms with E-state index >= 15 is 0 Å². The summed E-state index contributed by atoms with van der Waals surface area (Å²) in [4.78, 5) is 28.8. The van der Waals surface area contributed by atoms with Crippen LogP contribution in [0.5, 0.6) is 0 Å². The van der Waals surface area contributed by atoms with Crippen molar-refractivity contribution in [3.05, 3.63) is 29.8 Å². The second kappa shape index (κ2) is 8.30. The van der Waals surface area contributed by atoms with E-state index in [1.165, 1.54) is 0 Å². The highest BCUT2D eigenvalue weighted by molar-refractivity contribution is 7.89. The molecule has 1 aliphatic carbocycles. The minimum atomic E-state index is -3.62. The minimum Gasteiger partial charge on any atom is -0.339 e. The largest absolute Gasteiger partial charge is 0.339 e. The van der Waals surface area contributed by atoms with Crippen molar-refractivity contribution < 1.29 is 18.0 Å². The van der Waals surface area contributed by atoms with Gasteiger partial charge in [0.05, 0.1) is 4.90 Å². The SMILES string of the molecule is CCN(CC)C(=O)c1ccc(S(=O)(=O)N2CC[C@@H]3[C@H](CCC(=O)N3C3CC3)C2)cc1. The topological polar surface area (TPSA) is 78.0 Å². The Bertz CT molecular complexity index is 907. The van der Waals surface area contributed by atoms with Gasteiger partial charge < -0.3 is 9.80 Å². The van der Waals surface area contributed by atoms with Gasteiger partial charge in [0.1, 0.15) is 0 Å². The number of amides is 2. The van der Waals surface area contributed by atoms with Gasteiger partial charge in [-0.1, -0.05) is 0 Å². The molecule has 0 spiro atoms. The Balaban J connectivity index is 1.48. The van der Waals surface area contributed by atoms with E-state index in [1.807, 2.05) is 13.8 Å². The summed E-state index contributed by atoms with van der Waals surface area (Å²) in [6.07, 6.45) is 4.14. The lowest BCUT2D eigenvalue weighted by atomic mass is 9.84. The summed E-state index contributed by atoms with van der Waals surface area (Å²) in [5.74, 6) is 0.357. The number of piperidine rings is 2. The van der Waals surface area contributed by atoms with E-state index in [-0.39, 0.29) is 28.7 Å². The van der Waals surface area contributed by atoms with Crippen LogP contribution in [0.1, 0.15) is 56.3 Å². The number of carbonyl (C=O) groups is 2. The predicted octanol–water partition coefficient (Wildman–Crippen LogP) is 2.33. The van der Waals surface area contributed by atoms with Crippen molar-refractivity contribution >= 4 is 21.8 Å². The van der Waals surface area contributed by atoms with Gasteiger partial charge in [0.15, 0.2) is 0 Å². The molecule has 0 N–H and O–H groups in total. The number of hydrogen-bond acceptors (Lipinski definition) is 4. The number of fused-ring (bicyclic) bond motifs is 1. The molecule has 2 heterocycles. The molecule has 2 saturated heterocycles. The molecule has 0 unspecified atom stereocenters. The van der Waals surface area contributed by atoms with Crippen molar-refractivity contribution in [2.45, 2.75) is 62.9 Å². The van der Waals surface area contributed by atoms with Crippen molar-refractivity contribution in [3.8, 4) is 0 Å². The van der Waals surface area contributed by atoms with Crippen LogP contribution in [0.15, 0.2) is 29.2 Å². The second-order valence-corrected chi connectivity index (χ2v) is 10.5. The van der Waals surface area contributed by atoms with Gasteiger partial charge in [-0.3, -0.25) is 9.59 Å². The Morgan fingerprint density at radius 3 is 2.33 bits per heavy atom. The second-order valence-electron chi connectivity index (χ2n) is 8.55. The van der Waals surface area contributed by atoms with E-state index in [0.717, 1.165) is 19.3 Å². The van der Waals surface area contributed by atoms with Gasteiger partial charge in [0.25, 0.3) is 5.91 Å². The first-order chi connectivity index (χ1) is 14.4. The molecule has 1 saturated carbocycles. The first-order valence-corrected chi connectivity index (χ1v) is 12.5. The van der Waals surface area contributed by atoms with Crippen molar-refractivity contribution in [1.82, 2.24) is 14.1 Å². The van der Waals surface area contributed by atoms with Crippen molar-refractivity contribution in [1.29, 1.82) is 0 Å². The highest BCUT2D eigenvalue weighted by atomic mass is 32.2. The van der Waals surface area contributed by atoms with Crippen molar-refractivity contribution in [2.24, 2.45) is 5.92 Å². The number of carbonyl (C=O) groups excluding carboxylic acids is 2. The lowest BCUT2D eigenvalue weighted by molar-refractivity contribution is -0.141. The smallest absolute Gasteiger partial charge is 0.253 e. The Morgan fingerprint density at radius 2 is 1.73 bits per heavy atom. The van der Waals surface area contributed by atoms with Gasteiger partial charge in [-0.15, -0.1) is 0 Å². The van der Waals surface area contributed by atoms with E-state index in [4.69, 9.17) is 0 Å². The van der Waals surface area contributed by atoms with Crippen molar-refractivity contribution in [2.75, 3.05) is 26.2 Å². The van der Waals surface area contributed by atoms with Gasteiger partial charge in [-0.25, -0.2) is 8.42 Å². The van der Waals surface area contributed by atoms with Gasteiger partial charge in [-0.05, 0) is 69.7 Å². The van der Waals surface area contributed by atoms with Crippen LogP contribution in [0.3, 0.4) is 0 Å². The first kappa shape index (κ1) is 21.3. The molecule has 3 fully saturated rings. The summed E-state index contributed by atoms with van der Waals surface area (Å²) < 4.78 is 28.0. The zero-order chi connectivity index (χ0) is 21.5. The highest BCUT2D eigenvalue weighted by Gasteiger charge is 2.46. The average Bonchev–Trinajstić information content (AvgIpc) is 3.59. The maximum atomic E-state index is 13.2. The molecular formula is C22H31N3O4S. The molecule has 0 aromatic heterocycles. The van der Waals surface area contributed by atoms with E-state index in [1.54, 1.807) is 33.5 Å². The molecule has 164 valence electrons. The molecule has 1 aromatic rings. The molecule has 0 bridgehead atoms. The van der Waals surface area contributed by atoms with Crippen molar-refractivity contribution in [3.63, 3.8) is 0 Å². The third-order valence-electron chi connectivity index (χ3n) is 6.76. The lowest BCUT2D eigenvalue weighted by Crippen LogP contribution is -2.57. The van der Waals surface area contributed by atoms with E-state index < -0.39 is 10.0 Å². The molecule has 4 rings (SSSR count). The molecular weight excluding hydrogens is 402 g/mol. The van der Waals surface area contributed by atoms with Gasteiger partial charge in [0, 0.05) is 50.2 Å².